The molecule has 40 heavy (non-hydrogen) atoms. The summed E-state index contributed by atoms with van der Waals surface area (Å²) < 4.78 is 16.8. The molecule has 2 fully saturated rings. The number of ether oxygens (including phenoxy) is 3. The summed E-state index contributed by atoms with van der Waals surface area (Å²) in [7, 11) is 0. The number of hydrogen-bond acceptors (Lipinski definition) is 7. The smallest absolute Gasteiger partial charge is 0.428 e. The molecule has 3 heterocycles. The van der Waals surface area contributed by atoms with Crippen molar-refractivity contribution in [3.8, 4) is 0 Å². The van der Waals surface area contributed by atoms with Gasteiger partial charge in [0.1, 0.15) is 18.3 Å². The first-order valence-corrected chi connectivity index (χ1v) is 14.0. The van der Waals surface area contributed by atoms with Gasteiger partial charge in [0.15, 0.2) is 0 Å². The fraction of sp³-hybridized carbons (Fsp3) is 0.586. The fourth-order valence-electron chi connectivity index (χ4n) is 5.15. The molecule has 0 spiro atoms. The van der Waals surface area contributed by atoms with Crippen molar-refractivity contribution in [1.29, 1.82) is 0 Å². The second-order valence-electron chi connectivity index (χ2n) is 11.5. The Hall–Kier alpha value is -3.76. The molecule has 11 nitrogen and oxygen atoms in total. The number of carbonyl (C=O) groups excluding carboxylic acids is 3. The highest BCUT2D eigenvalue weighted by molar-refractivity contribution is 5.76. The van der Waals surface area contributed by atoms with Crippen molar-refractivity contribution in [2.24, 2.45) is 5.92 Å². The number of carbonyl (C=O) groups is 3. The van der Waals surface area contributed by atoms with E-state index in [4.69, 9.17) is 14.2 Å². The monoisotopic (exact) mass is 555 g/mol. The molecule has 0 radical (unpaired) electrons. The fourth-order valence-corrected chi connectivity index (χ4v) is 5.15. The Bertz CT molecular complexity index is 1140. The zero-order valence-electron chi connectivity index (χ0n) is 23.9. The van der Waals surface area contributed by atoms with Gasteiger partial charge in [0.2, 0.25) is 0 Å². The number of amides is 3. The van der Waals surface area contributed by atoms with Crippen LogP contribution in [0.15, 0.2) is 42.6 Å². The Balaban J connectivity index is 1.14. The van der Waals surface area contributed by atoms with E-state index in [0.29, 0.717) is 44.9 Å². The van der Waals surface area contributed by atoms with Crippen LogP contribution in [-0.2, 0) is 20.8 Å². The Morgan fingerprint density at radius 1 is 1.00 bits per heavy atom. The number of rotatable bonds is 8. The number of nitrogens with zero attached hydrogens (tertiary/aromatic N) is 4. The van der Waals surface area contributed by atoms with Crippen molar-refractivity contribution < 1.29 is 28.6 Å². The summed E-state index contributed by atoms with van der Waals surface area (Å²) in [5.74, 6) is 0.575. The summed E-state index contributed by atoms with van der Waals surface area (Å²) in [6.07, 6.45) is 2.91. The van der Waals surface area contributed by atoms with Crippen LogP contribution in [0.25, 0.3) is 0 Å². The number of hydrogen-bond donors (Lipinski definition) is 1. The topological polar surface area (TPSA) is 115 Å². The number of aromatic nitrogens is 2. The molecule has 2 aliphatic rings. The molecule has 0 bridgehead atoms. The van der Waals surface area contributed by atoms with Crippen molar-refractivity contribution >= 4 is 18.3 Å². The van der Waals surface area contributed by atoms with Crippen molar-refractivity contribution in [3.05, 3.63) is 53.9 Å². The minimum atomic E-state index is -0.673. The van der Waals surface area contributed by atoms with Gasteiger partial charge in [0.05, 0.1) is 12.2 Å². The predicted molar refractivity (Wildman–Crippen MR) is 148 cm³/mol. The quantitative estimate of drug-likeness (QED) is 0.450. The summed E-state index contributed by atoms with van der Waals surface area (Å²) in [6.45, 7) is 10.1. The lowest BCUT2D eigenvalue weighted by Crippen LogP contribution is -2.43. The summed E-state index contributed by atoms with van der Waals surface area (Å²) in [5.41, 5.74) is 3.77. The second-order valence-corrected chi connectivity index (χ2v) is 11.5. The maximum atomic E-state index is 12.8. The third kappa shape index (κ3) is 8.37. The van der Waals surface area contributed by atoms with E-state index in [2.05, 4.69) is 10.5 Å². The zero-order valence-corrected chi connectivity index (χ0v) is 23.9. The maximum absolute atomic E-state index is 12.8. The first-order valence-electron chi connectivity index (χ1n) is 14.0. The van der Waals surface area contributed by atoms with E-state index in [1.54, 1.807) is 16.0 Å². The number of nitrogens with one attached hydrogen (secondary N) is 1. The van der Waals surface area contributed by atoms with Gasteiger partial charge in [-0.2, -0.15) is 9.89 Å². The van der Waals surface area contributed by atoms with Gasteiger partial charge in [-0.3, -0.25) is 0 Å². The van der Waals surface area contributed by atoms with E-state index >= 15 is 0 Å². The van der Waals surface area contributed by atoms with E-state index in [9.17, 15) is 14.4 Å². The van der Waals surface area contributed by atoms with Gasteiger partial charge in [-0.1, -0.05) is 44.2 Å². The van der Waals surface area contributed by atoms with Crippen LogP contribution in [0.1, 0.15) is 70.6 Å². The van der Waals surface area contributed by atoms with Crippen molar-refractivity contribution in [3.63, 3.8) is 0 Å². The molecule has 2 aromatic rings. The van der Waals surface area contributed by atoms with Crippen LogP contribution in [0.4, 0.5) is 14.4 Å². The van der Waals surface area contributed by atoms with Crippen LogP contribution in [0.2, 0.25) is 0 Å². The summed E-state index contributed by atoms with van der Waals surface area (Å²) >= 11 is 0. The number of piperidine rings is 1. The molecular weight excluding hydrogens is 514 g/mol. The molecule has 1 unspecified atom stereocenters. The maximum Gasteiger partial charge on any atom is 0.428 e. The van der Waals surface area contributed by atoms with Gasteiger partial charge < -0.3 is 24.0 Å². The molecule has 3 amide bonds. The van der Waals surface area contributed by atoms with Crippen LogP contribution in [0.5, 0.6) is 0 Å². The number of benzene rings is 1. The number of likely N-dealkylation sites (tertiary alicyclic amines) is 2. The third-order valence-electron chi connectivity index (χ3n) is 7.30. The Kier molecular flexibility index (Phi) is 9.54. The Morgan fingerprint density at radius 2 is 1.70 bits per heavy atom. The molecule has 2 saturated heterocycles. The van der Waals surface area contributed by atoms with E-state index in [1.165, 1.54) is 4.79 Å². The highest BCUT2D eigenvalue weighted by Crippen LogP contribution is 2.29. The van der Waals surface area contributed by atoms with Crippen molar-refractivity contribution in [1.82, 2.24) is 19.7 Å². The van der Waals surface area contributed by atoms with Gasteiger partial charge in [-0.15, -0.1) is 0 Å². The van der Waals surface area contributed by atoms with Gasteiger partial charge in [0.25, 0.3) is 0 Å². The molecule has 11 heteroatoms. The first-order chi connectivity index (χ1) is 19.1. The third-order valence-corrected chi connectivity index (χ3v) is 7.30. The van der Waals surface area contributed by atoms with Crippen molar-refractivity contribution in [2.75, 3.05) is 31.6 Å². The van der Waals surface area contributed by atoms with Crippen LogP contribution in [-0.4, -0.2) is 75.9 Å². The highest BCUT2D eigenvalue weighted by Gasteiger charge is 2.34. The zero-order chi connectivity index (χ0) is 28.7. The molecule has 1 aromatic carbocycles. The Labute approximate surface area is 235 Å². The highest BCUT2D eigenvalue weighted by atomic mass is 16.6. The predicted octanol–water partition coefficient (Wildman–Crippen LogP) is 5.12. The lowest BCUT2D eigenvalue weighted by atomic mass is 9.86. The molecule has 0 saturated carbocycles. The Morgan fingerprint density at radius 3 is 2.38 bits per heavy atom. The lowest BCUT2D eigenvalue weighted by Gasteiger charge is -2.35. The molecular formula is C29H41N5O6. The largest absolute Gasteiger partial charge is 0.445 e. The average Bonchev–Trinajstić information content (AvgIpc) is 3.57. The van der Waals surface area contributed by atoms with Crippen LogP contribution >= 0.6 is 0 Å². The molecule has 4 rings (SSSR count). The molecule has 2 aliphatic heterocycles. The minimum absolute atomic E-state index is 0.214. The van der Waals surface area contributed by atoms with E-state index in [0.717, 1.165) is 24.1 Å². The lowest BCUT2D eigenvalue weighted by molar-refractivity contribution is 0.0146. The minimum Gasteiger partial charge on any atom is -0.445 e. The first kappa shape index (κ1) is 29.2. The van der Waals surface area contributed by atoms with E-state index in [-0.39, 0.29) is 24.7 Å². The van der Waals surface area contributed by atoms with Crippen LogP contribution in [0.3, 0.4) is 0 Å². The van der Waals surface area contributed by atoms with Gasteiger partial charge in [0, 0.05) is 32.3 Å². The van der Waals surface area contributed by atoms with E-state index < -0.39 is 17.8 Å². The second kappa shape index (κ2) is 13.1. The molecule has 1 N–H and O–H groups in total. The summed E-state index contributed by atoms with van der Waals surface area (Å²) in [6, 6.07) is 11.4. The molecule has 0 aliphatic carbocycles. The molecule has 218 valence electrons. The van der Waals surface area contributed by atoms with Crippen LogP contribution < -0.4 is 5.43 Å². The standard InChI is InChI=1S/C29H41N5O6/c1-21(2)25-13-17-34(30-25)31-26(35)40-29(3,4)18-22-10-14-32(15-11-22)28(37)39-24-12-16-33(19-24)27(36)38-20-23-8-6-5-7-9-23/h5-9,13,17,21-22,24H,10-12,14-16,18-20H2,1-4H3,(H,31,35). The summed E-state index contributed by atoms with van der Waals surface area (Å²) in [4.78, 5) is 42.3. The van der Waals surface area contributed by atoms with Gasteiger partial charge in [-0.05, 0) is 56.6 Å². The van der Waals surface area contributed by atoms with E-state index in [1.807, 2.05) is 64.1 Å². The molecule has 1 aromatic heterocycles. The average molecular weight is 556 g/mol. The van der Waals surface area contributed by atoms with Crippen molar-refractivity contribution in [2.45, 2.75) is 77.6 Å². The SMILES string of the molecule is CC(C)c1ccn(NC(=O)OC(C)(C)CC2CCN(C(=O)OC3CCN(C(=O)OCc4ccccc4)C3)CC2)n1. The molecule has 1 atom stereocenters. The van der Waals surface area contributed by atoms with Gasteiger partial charge >= 0.3 is 18.3 Å². The normalized spacial score (nSPS) is 18.1. The summed E-state index contributed by atoms with van der Waals surface area (Å²) in [5, 5.41) is 4.32. The van der Waals surface area contributed by atoms with Gasteiger partial charge in [-0.25, -0.2) is 19.8 Å². The van der Waals surface area contributed by atoms with Crippen LogP contribution in [0, 0.1) is 5.92 Å².